The summed E-state index contributed by atoms with van der Waals surface area (Å²) in [5.74, 6) is 0.239. The number of carbonyl (C=O) groups excluding carboxylic acids is 1. The average Bonchev–Trinajstić information content (AvgIpc) is 2.41. The monoisotopic (exact) mass is 274 g/mol. The number of hydrogen-bond donors (Lipinski definition) is 2. The zero-order valence-corrected chi connectivity index (χ0v) is 11.2. The number of nitrogens with one attached hydrogen (secondary N) is 2. The SMILES string of the molecule is CC(C)Nc1ccc(NC(=O)c2ccc(F)cc2)nn1. The van der Waals surface area contributed by atoms with E-state index in [1.807, 2.05) is 13.8 Å². The zero-order chi connectivity index (χ0) is 14.5. The van der Waals surface area contributed by atoms with E-state index in [2.05, 4.69) is 20.8 Å². The van der Waals surface area contributed by atoms with Crippen LogP contribution in [0.4, 0.5) is 16.0 Å². The van der Waals surface area contributed by atoms with Crippen molar-refractivity contribution in [3.05, 3.63) is 47.8 Å². The average molecular weight is 274 g/mol. The molecule has 0 saturated heterocycles. The van der Waals surface area contributed by atoms with Crippen molar-refractivity contribution in [3.8, 4) is 0 Å². The van der Waals surface area contributed by atoms with Crippen LogP contribution in [0.25, 0.3) is 0 Å². The lowest BCUT2D eigenvalue weighted by Crippen LogP contribution is -2.15. The molecule has 0 aliphatic carbocycles. The van der Waals surface area contributed by atoms with Crippen molar-refractivity contribution in [2.75, 3.05) is 10.6 Å². The molecular formula is C14H15FN4O. The van der Waals surface area contributed by atoms with Crippen LogP contribution in [-0.4, -0.2) is 22.1 Å². The van der Waals surface area contributed by atoms with Gasteiger partial charge in [0.25, 0.3) is 5.91 Å². The van der Waals surface area contributed by atoms with E-state index in [4.69, 9.17) is 0 Å². The van der Waals surface area contributed by atoms with Crippen LogP contribution >= 0.6 is 0 Å². The van der Waals surface area contributed by atoms with Crippen LogP contribution in [0.3, 0.4) is 0 Å². The predicted molar refractivity (Wildman–Crippen MR) is 75.1 cm³/mol. The molecule has 0 atom stereocenters. The highest BCUT2D eigenvalue weighted by atomic mass is 19.1. The molecule has 0 saturated carbocycles. The van der Waals surface area contributed by atoms with E-state index in [9.17, 15) is 9.18 Å². The quantitative estimate of drug-likeness (QED) is 0.899. The van der Waals surface area contributed by atoms with Crippen LogP contribution in [0.5, 0.6) is 0 Å². The number of carbonyl (C=O) groups is 1. The fourth-order valence-electron chi connectivity index (χ4n) is 1.56. The largest absolute Gasteiger partial charge is 0.366 e. The van der Waals surface area contributed by atoms with Gasteiger partial charge in [0.1, 0.15) is 11.6 Å². The maximum absolute atomic E-state index is 12.8. The first-order chi connectivity index (χ1) is 9.54. The Morgan fingerprint density at radius 2 is 1.65 bits per heavy atom. The van der Waals surface area contributed by atoms with Crippen LogP contribution in [0.2, 0.25) is 0 Å². The third-order valence-corrected chi connectivity index (χ3v) is 2.45. The van der Waals surface area contributed by atoms with Gasteiger partial charge in [0, 0.05) is 11.6 Å². The molecule has 6 heteroatoms. The number of hydrogen-bond acceptors (Lipinski definition) is 4. The summed E-state index contributed by atoms with van der Waals surface area (Å²) in [6.07, 6.45) is 0. The molecule has 20 heavy (non-hydrogen) atoms. The molecule has 0 fully saturated rings. The first-order valence-corrected chi connectivity index (χ1v) is 6.22. The molecule has 0 spiro atoms. The Kier molecular flexibility index (Phi) is 4.24. The molecular weight excluding hydrogens is 259 g/mol. The van der Waals surface area contributed by atoms with Gasteiger partial charge in [-0.2, -0.15) is 0 Å². The summed E-state index contributed by atoms with van der Waals surface area (Å²) >= 11 is 0. The molecule has 2 aromatic rings. The van der Waals surface area contributed by atoms with Gasteiger partial charge >= 0.3 is 0 Å². The smallest absolute Gasteiger partial charge is 0.256 e. The van der Waals surface area contributed by atoms with Gasteiger partial charge in [0.05, 0.1) is 0 Å². The van der Waals surface area contributed by atoms with Gasteiger partial charge in [-0.3, -0.25) is 4.79 Å². The van der Waals surface area contributed by atoms with E-state index < -0.39 is 0 Å². The second kappa shape index (κ2) is 6.10. The zero-order valence-electron chi connectivity index (χ0n) is 11.2. The van der Waals surface area contributed by atoms with Crippen LogP contribution in [0.15, 0.2) is 36.4 Å². The molecule has 0 radical (unpaired) electrons. The van der Waals surface area contributed by atoms with E-state index in [-0.39, 0.29) is 17.8 Å². The maximum Gasteiger partial charge on any atom is 0.256 e. The molecule has 2 N–H and O–H groups in total. The molecule has 1 aromatic heterocycles. The standard InChI is InChI=1S/C14H15FN4O/c1-9(2)16-12-7-8-13(19-18-12)17-14(20)10-3-5-11(15)6-4-10/h3-9H,1-2H3,(H,16,18)(H,17,19,20). The molecule has 0 bridgehead atoms. The molecule has 1 heterocycles. The lowest BCUT2D eigenvalue weighted by molar-refractivity contribution is 0.102. The normalized spacial score (nSPS) is 10.4. The van der Waals surface area contributed by atoms with Crippen molar-refractivity contribution in [1.29, 1.82) is 0 Å². The van der Waals surface area contributed by atoms with Gasteiger partial charge in [0.15, 0.2) is 5.82 Å². The van der Waals surface area contributed by atoms with Gasteiger partial charge in [0.2, 0.25) is 0 Å². The molecule has 2 rings (SSSR count). The second-order valence-corrected chi connectivity index (χ2v) is 4.56. The summed E-state index contributed by atoms with van der Waals surface area (Å²) in [6, 6.07) is 8.92. The second-order valence-electron chi connectivity index (χ2n) is 4.56. The van der Waals surface area contributed by atoms with Crippen molar-refractivity contribution in [1.82, 2.24) is 10.2 Å². The van der Waals surface area contributed by atoms with Gasteiger partial charge in [-0.1, -0.05) is 0 Å². The van der Waals surface area contributed by atoms with Crippen molar-refractivity contribution < 1.29 is 9.18 Å². The lowest BCUT2D eigenvalue weighted by atomic mass is 10.2. The van der Waals surface area contributed by atoms with Gasteiger partial charge < -0.3 is 10.6 Å². The summed E-state index contributed by atoms with van der Waals surface area (Å²) < 4.78 is 12.8. The first-order valence-electron chi connectivity index (χ1n) is 6.22. The predicted octanol–water partition coefficient (Wildman–Crippen LogP) is 2.69. The Labute approximate surface area is 116 Å². The Balaban J connectivity index is 2.02. The van der Waals surface area contributed by atoms with E-state index in [0.717, 1.165) is 0 Å². The third-order valence-electron chi connectivity index (χ3n) is 2.45. The van der Waals surface area contributed by atoms with E-state index in [0.29, 0.717) is 17.2 Å². The summed E-state index contributed by atoms with van der Waals surface area (Å²) in [4.78, 5) is 11.9. The van der Waals surface area contributed by atoms with Crippen molar-refractivity contribution in [2.24, 2.45) is 0 Å². The number of rotatable bonds is 4. The Morgan fingerprint density at radius 1 is 1.05 bits per heavy atom. The number of benzene rings is 1. The molecule has 0 unspecified atom stereocenters. The number of amides is 1. The summed E-state index contributed by atoms with van der Waals surface area (Å²) in [7, 11) is 0. The number of aromatic nitrogens is 2. The van der Waals surface area contributed by atoms with Crippen LogP contribution in [-0.2, 0) is 0 Å². The maximum atomic E-state index is 12.8. The van der Waals surface area contributed by atoms with Crippen LogP contribution < -0.4 is 10.6 Å². The van der Waals surface area contributed by atoms with Gasteiger partial charge in [-0.05, 0) is 50.2 Å². The Hall–Kier alpha value is -2.50. The lowest BCUT2D eigenvalue weighted by Gasteiger charge is -2.08. The molecule has 0 aliphatic rings. The van der Waals surface area contributed by atoms with Gasteiger partial charge in [-0.25, -0.2) is 4.39 Å². The Morgan fingerprint density at radius 3 is 2.20 bits per heavy atom. The van der Waals surface area contributed by atoms with Crippen molar-refractivity contribution in [2.45, 2.75) is 19.9 Å². The highest BCUT2D eigenvalue weighted by molar-refractivity contribution is 6.03. The molecule has 1 aromatic carbocycles. The topological polar surface area (TPSA) is 66.9 Å². The number of nitrogens with zero attached hydrogens (tertiary/aromatic N) is 2. The number of anilines is 2. The van der Waals surface area contributed by atoms with Crippen molar-refractivity contribution >= 4 is 17.5 Å². The summed E-state index contributed by atoms with van der Waals surface area (Å²) in [6.45, 7) is 3.98. The van der Waals surface area contributed by atoms with Crippen molar-refractivity contribution in [3.63, 3.8) is 0 Å². The third kappa shape index (κ3) is 3.74. The van der Waals surface area contributed by atoms with Crippen LogP contribution in [0.1, 0.15) is 24.2 Å². The molecule has 104 valence electrons. The van der Waals surface area contributed by atoms with Gasteiger partial charge in [-0.15, -0.1) is 10.2 Å². The number of halogens is 1. The summed E-state index contributed by atoms with van der Waals surface area (Å²) in [5.41, 5.74) is 0.359. The molecule has 0 aliphatic heterocycles. The first kappa shape index (κ1) is 13.9. The summed E-state index contributed by atoms with van der Waals surface area (Å²) in [5, 5.41) is 13.5. The van der Waals surface area contributed by atoms with Crippen LogP contribution in [0, 0.1) is 5.82 Å². The van der Waals surface area contributed by atoms with E-state index in [1.54, 1.807) is 12.1 Å². The highest BCUT2D eigenvalue weighted by Crippen LogP contribution is 2.09. The fourth-order valence-corrected chi connectivity index (χ4v) is 1.56. The van der Waals surface area contributed by atoms with E-state index in [1.165, 1.54) is 24.3 Å². The minimum Gasteiger partial charge on any atom is -0.366 e. The fraction of sp³-hybridized carbons (Fsp3) is 0.214. The minimum atomic E-state index is -0.384. The molecule has 1 amide bonds. The van der Waals surface area contributed by atoms with E-state index >= 15 is 0 Å². The Bertz CT molecular complexity index is 581. The minimum absolute atomic E-state index is 0.254. The molecule has 5 nitrogen and oxygen atoms in total. The highest BCUT2D eigenvalue weighted by Gasteiger charge is 2.07.